The predicted molar refractivity (Wildman–Crippen MR) is 102 cm³/mol. The fourth-order valence-corrected chi connectivity index (χ4v) is 3.19. The van der Waals surface area contributed by atoms with Crippen molar-refractivity contribution >= 4 is 11.6 Å². The van der Waals surface area contributed by atoms with Gasteiger partial charge in [-0.3, -0.25) is 4.99 Å². The van der Waals surface area contributed by atoms with E-state index in [0.29, 0.717) is 25.6 Å². The molecule has 0 saturated carbocycles. The van der Waals surface area contributed by atoms with Gasteiger partial charge in [-0.1, -0.05) is 26.8 Å². The number of anilines is 1. The Hall–Kier alpha value is -1.89. The number of nitrogens with one attached hydrogen (secondary N) is 2. The van der Waals surface area contributed by atoms with E-state index in [2.05, 4.69) is 36.4 Å². The Balaban J connectivity index is 1.92. The summed E-state index contributed by atoms with van der Waals surface area (Å²) < 4.78 is 33.5. The summed E-state index contributed by atoms with van der Waals surface area (Å²) in [6.45, 7) is 8.10. The fourth-order valence-electron chi connectivity index (χ4n) is 3.19. The van der Waals surface area contributed by atoms with E-state index < -0.39 is 11.6 Å². The van der Waals surface area contributed by atoms with E-state index in [4.69, 9.17) is 4.74 Å². The molecule has 146 valence electrons. The zero-order valence-corrected chi connectivity index (χ0v) is 16.3. The van der Waals surface area contributed by atoms with E-state index in [1.807, 2.05) is 0 Å². The van der Waals surface area contributed by atoms with Gasteiger partial charge in [0.1, 0.15) is 17.3 Å². The first-order valence-corrected chi connectivity index (χ1v) is 8.95. The number of methoxy groups -OCH3 is 1. The third-order valence-electron chi connectivity index (χ3n) is 4.71. The fraction of sp³-hybridized carbons (Fsp3) is 0.632. The van der Waals surface area contributed by atoms with Gasteiger partial charge in [-0.2, -0.15) is 0 Å². The van der Waals surface area contributed by atoms with Crippen molar-refractivity contribution in [3.05, 3.63) is 29.8 Å². The summed E-state index contributed by atoms with van der Waals surface area (Å²) in [5.41, 5.74) is 0.0551. The van der Waals surface area contributed by atoms with Crippen LogP contribution < -0.4 is 15.5 Å². The number of nitrogens with zero attached hydrogens (tertiary/aromatic N) is 2. The first-order valence-electron chi connectivity index (χ1n) is 8.95. The molecule has 26 heavy (non-hydrogen) atoms. The van der Waals surface area contributed by atoms with E-state index in [1.165, 1.54) is 18.2 Å². The van der Waals surface area contributed by atoms with Crippen LogP contribution in [0.1, 0.15) is 27.2 Å². The van der Waals surface area contributed by atoms with E-state index in [1.54, 1.807) is 19.1 Å². The number of rotatable bonds is 5. The Morgan fingerprint density at radius 1 is 1.35 bits per heavy atom. The van der Waals surface area contributed by atoms with Crippen LogP contribution in [0.15, 0.2) is 23.2 Å². The largest absolute Gasteiger partial charge is 0.379 e. The van der Waals surface area contributed by atoms with Crippen LogP contribution in [0.2, 0.25) is 0 Å². The van der Waals surface area contributed by atoms with Crippen LogP contribution in [0.25, 0.3) is 0 Å². The summed E-state index contributed by atoms with van der Waals surface area (Å²) in [6.07, 6.45) is 0.815. The van der Waals surface area contributed by atoms with Crippen molar-refractivity contribution < 1.29 is 13.5 Å². The SMILES string of the molecule is CN=C(NCC(OC)C(C)(C)C)NC1CCN(c2c(F)cccc2F)C1. The molecule has 1 fully saturated rings. The number of para-hydroxylation sites is 1. The Kier molecular flexibility index (Phi) is 6.81. The molecule has 0 bridgehead atoms. The second-order valence-corrected chi connectivity index (χ2v) is 7.69. The maximum Gasteiger partial charge on any atom is 0.191 e. The van der Waals surface area contributed by atoms with Crippen LogP contribution in [-0.4, -0.2) is 51.9 Å². The number of aliphatic imine (C=N–C) groups is 1. The van der Waals surface area contributed by atoms with Gasteiger partial charge >= 0.3 is 0 Å². The summed E-state index contributed by atoms with van der Waals surface area (Å²) in [7, 11) is 3.41. The number of guanidine groups is 1. The predicted octanol–water partition coefficient (Wildman–Crippen LogP) is 2.77. The second kappa shape index (κ2) is 8.66. The summed E-state index contributed by atoms with van der Waals surface area (Å²) in [4.78, 5) is 5.98. The quantitative estimate of drug-likeness (QED) is 0.620. The molecule has 2 atom stereocenters. The molecule has 0 spiro atoms. The molecule has 1 aromatic carbocycles. The molecule has 2 N–H and O–H groups in total. The van der Waals surface area contributed by atoms with Crippen molar-refractivity contribution in [3.63, 3.8) is 0 Å². The van der Waals surface area contributed by atoms with Gasteiger partial charge < -0.3 is 20.3 Å². The summed E-state index contributed by atoms with van der Waals surface area (Å²) >= 11 is 0. The first kappa shape index (κ1) is 20.4. The molecule has 1 heterocycles. The summed E-state index contributed by atoms with van der Waals surface area (Å²) in [6, 6.07) is 4.03. The molecule has 1 aliphatic heterocycles. The number of benzene rings is 1. The van der Waals surface area contributed by atoms with Crippen molar-refractivity contribution in [1.29, 1.82) is 0 Å². The van der Waals surface area contributed by atoms with Gasteiger partial charge in [0.25, 0.3) is 0 Å². The molecular formula is C19H30F2N4O. The van der Waals surface area contributed by atoms with Crippen molar-refractivity contribution in [3.8, 4) is 0 Å². The van der Waals surface area contributed by atoms with Gasteiger partial charge in [0.05, 0.1) is 6.10 Å². The lowest BCUT2D eigenvalue weighted by Crippen LogP contribution is -2.48. The smallest absolute Gasteiger partial charge is 0.191 e. The summed E-state index contributed by atoms with van der Waals surface area (Å²) in [5.74, 6) is -0.389. The average Bonchev–Trinajstić information content (AvgIpc) is 3.01. The zero-order valence-electron chi connectivity index (χ0n) is 16.3. The monoisotopic (exact) mass is 368 g/mol. The summed E-state index contributed by atoms with van der Waals surface area (Å²) in [5, 5.41) is 6.61. The van der Waals surface area contributed by atoms with Crippen molar-refractivity contribution in [2.45, 2.75) is 39.3 Å². The highest BCUT2D eigenvalue weighted by molar-refractivity contribution is 5.80. The maximum absolute atomic E-state index is 14.0. The number of hydrogen-bond donors (Lipinski definition) is 2. The Morgan fingerprint density at radius 3 is 2.54 bits per heavy atom. The minimum Gasteiger partial charge on any atom is -0.379 e. The molecule has 0 aromatic heterocycles. The lowest BCUT2D eigenvalue weighted by molar-refractivity contribution is 0.0205. The molecule has 0 aliphatic carbocycles. The molecule has 7 heteroatoms. The number of ether oxygens (including phenoxy) is 1. The van der Waals surface area contributed by atoms with Crippen LogP contribution in [0, 0.1) is 17.0 Å². The molecular weight excluding hydrogens is 338 g/mol. The van der Waals surface area contributed by atoms with Crippen LogP contribution in [0.3, 0.4) is 0 Å². The van der Waals surface area contributed by atoms with E-state index in [9.17, 15) is 8.78 Å². The third-order valence-corrected chi connectivity index (χ3v) is 4.71. The normalized spacial score (nSPS) is 19.6. The molecule has 1 saturated heterocycles. The Labute approximate surface area is 154 Å². The van der Waals surface area contributed by atoms with Crippen LogP contribution >= 0.6 is 0 Å². The molecule has 5 nitrogen and oxygen atoms in total. The van der Waals surface area contributed by atoms with Gasteiger partial charge in [-0.05, 0) is 24.0 Å². The lowest BCUT2D eigenvalue weighted by atomic mass is 9.89. The van der Waals surface area contributed by atoms with Crippen LogP contribution in [0.5, 0.6) is 0 Å². The van der Waals surface area contributed by atoms with Gasteiger partial charge in [-0.15, -0.1) is 0 Å². The Bertz CT molecular complexity index is 610. The zero-order chi connectivity index (χ0) is 19.3. The van der Waals surface area contributed by atoms with Crippen LogP contribution in [0.4, 0.5) is 14.5 Å². The highest BCUT2D eigenvalue weighted by Gasteiger charge is 2.28. The highest BCUT2D eigenvalue weighted by Crippen LogP contribution is 2.26. The third kappa shape index (κ3) is 5.06. The second-order valence-electron chi connectivity index (χ2n) is 7.69. The highest BCUT2D eigenvalue weighted by atomic mass is 19.1. The Morgan fingerprint density at radius 2 is 2.00 bits per heavy atom. The molecule has 0 radical (unpaired) electrons. The minimum absolute atomic E-state index is 0.00707. The molecule has 2 unspecified atom stereocenters. The number of halogens is 2. The maximum atomic E-state index is 14.0. The van der Waals surface area contributed by atoms with Crippen LogP contribution in [-0.2, 0) is 4.74 Å². The first-order chi connectivity index (χ1) is 12.3. The van der Waals surface area contributed by atoms with Gasteiger partial charge in [0.2, 0.25) is 0 Å². The van der Waals surface area contributed by atoms with Crippen molar-refractivity contribution in [2.24, 2.45) is 10.4 Å². The van der Waals surface area contributed by atoms with E-state index in [-0.39, 0.29) is 23.2 Å². The molecule has 1 aromatic rings. The minimum atomic E-state index is -0.527. The standard InChI is InChI=1S/C19H30F2N4O/c1-19(2,3)16(26-5)11-23-18(22-4)24-13-9-10-25(12-13)17-14(20)7-6-8-15(17)21/h6-8,13,16H,9-12H2,1-5H3,(H2,22,23,24). The number of hydrogen-bond acceptors (Lipinski definition) is 3. The van der Waals surface area contributed by atoms with Gasteiger partial charge in [0, 0.05) is 39.8 Å². The lowest BCUT2D eigenvalue weighted by Gasteiger charge is -2.30. The average molecular weight is 368 g/mol. The van der Waals surface area contributed by atoms with E-state index in [0.717, 1.165) is 6.42 Å². The van der Waals surface area contributed by atoms with E-state index >= 15 is 0 Å². The van der Waals surface area contributed by atoms with Crippen molar-refractivity contribution in [2.75, 3.05) is 38.7 Å². The topological polar surface area (TPSA) is 48.9 Å². The van der Waals surface area contributed by atoms with Gasteiger partial charge in [-0.25, -0.2) is 8.78 Å². The molecule has 0 amide bonds. The molecule has 2 rings (SSSR count). The van der Waals surface area contributed by atoms with Gasteiger partial charge in [0.15, 0.2) is 5.96 Å². The van der Waals surface area contributed by atoms with Crippen molar-refractivity contribution in [1.82, 2.24) is 10.6 Å². The molecule has 1 aliphatic rings.